The van der Waals surface area contributed by atoms with Gasteiger partial charge >= 0.3 is 5.97 Å². The first kappa shape index (κ1) is 27.9. The quantitative estimate of drug-likeness (QED) is 0.0971. The third-order valence-corrected chi connectivity index (χ3v) is 6.27. The topological polar surface area (TPSA) is 99.5 Å². The number of methoxy groups -OCH3 is 1. The molecule has 0 saturated heterocycles. The second-order valence-corrected chi connectivity index (χ2v) is 8.89. The number of esters is 1. The van der Waals surface area contributed by atoms with E-state index in [1.54, 1.807) is 12.1 Å². The predicted molar refractivity (Wildman–Crippen MR) is 153 cm³/mol. The molecule has 0 spiro atoms. The molecule has 0 amide bonds. The van der Waals surface area contributed by atoms with Gasteiger partial charge in [-0.15, -0.1) is 0 Å². The number of aromatic nitrogens is 1. The molecular formula is C31H30N4O5. The minimum Gasteiger partial charge on any atom is -0.487 e. The molecule has 0 fully saturated rings. The molecule has 0 aliphatic rings. The van der Waals surface area contributed by atoms with Gasteiger partial charge in [0.05, 0.1) is 19.4 Å². The van der Waals surface area contributed by atoms with Gasteiger partial charge in [-0.2, -0.15) is 0 Å². The summed E-state index contributed by atoms with van der Waals surface area (Å²) in [5.41, 5.74) is 6.65. The number of anilines is 1. The van der Waals surface area contributed by atoms with Crippen molar-refractivity contribution in [1.29, 1.82) is 0 Å². The predicted octanol–water partition coefficient (Wildman–Crippen LogP) is 6.35. The van der Waals surface area contributed by atoms with Gasteiger partial charge in [0.2, 0.25) is 0 Å². The highest BCUT2D eigenvalue weighted by Crippen LogP contribution is 2.28. The number of benzene rings is 3. The smallest absolute Gasteiger partial charge is 0.305 e. The van der Waals surface area contributed by atoms with Gasteiger partial charge in [-0.3, -0.25) is 4.79 Å². The van der Waals surface area contributed by atoms with Crippen molar-refractivity contribution < 1.29 is 23.6 Å². The van der Waals surface area contributed by atoms with E-state index in [2.05, 4.69) is 20.5 Å². The number of hydrogen-bond donors (Lipinski definition) is 1. The number of oxime groups is 1. The van der Waals surface area contributed by atoms with Crippen molar-refractivity contribution in [1.82, 2.24) is 5.16 Å². The highest BCUT2D eigenvalue weighted by molar-refractivity contribution is 6.01. The molecule has 0 aliphatic carbocycles. The summed E-state index contributed by atoms with van der Waals surface area (Å²) >= 11 is 0. The minimum absolute atomic E-state index is 0.226. The summed E-state index contributed by atoms with van der Waals surface area (Å²) in [6.07, 6.45) is 0.781. The zero-order valence-electron chi connectivity index (χ0n) is 22.6. The van der Waals surface area contributed by atoms with E-state index in [-0.39, 0.29) is 19.0 Å². The van der Waals surface area contributed by atoms with E-state index in [1.165, 1.54) is 14.2 Å². The van der Waals surface area contributed by atoms with Crippen LogP contribution in [0.4, 0.5) is 11.4 Å². The van der Waals surface area contributed by atoms with Crippen LogP contribution in [0.15, 0.2) is 82.5 Å². The summed E-state index contributed by atoms with van der Waals surface area (Å²) in [5.74, 6) is 1.11. The molecule has 0 bridgehead atoms. The van der Waals surface area contributed by atoms with Crippen LogP contribution in [0.5, 0.6) is 5.75 Å². The Kier molecular flexibility index (Phi) is 9.51. The van der Waals surface area contributed by atoms with Crippen molar-refractivity contribution in [3.8, 4) is 17.1 Å². The molecule has 0 unspecified atom stereocenters. The fourth-order valence-corrected chi connectivity index (χ4v) is 4.04. The second kappa shape index (κ2) is 13.6. The first-order valence-corrected chi connectivity index (χ1v) is 12.7. The van der Waals surface area contributed by atoms with E-state index in [0.29, 0.717) is 35.9 Å². The van der Waals surface area contributed by atoms with E-state index in [0.717, 1.165) is 33.6 Å². The molecule has 1 aromatic heterocycles. The molecule has 1 heterocycles. The lowest BCUT2D eigenvalue weighted by Crippen LogP contribution is -2.13. The van der Waals surface area contributed by atoms with Crippen LogP contribution in [-0.4, -0.2) is 37.7 Å². The molecule has 0 saturated carbocycles. The lowest BCUT2D eigenvalue weighted by molar-refractivity contribution is -0.140. The van der Waals surface area contributed by atoms with Crippen LogP contribution in [0.25, 0.3) is 16.2 Å². The largest absolute Gasteiger partial charge is 0.487 e. The van der Waals surface area contributed by atoms with Crippen LogP contribution >= 0.6 is 0 Å². The molecule has 40 heavy (non-hydrogen) atoms. The van der Waals surface area contributed by atoms with Crippen LogP contribution in [-0.2, 0) is 27.3 Å². The Hall–Kier alpha value is -5.10. The number of rotatable bonds is 12. The van der Waals surface area contributed by atoms with Crippen LogP contribution in [0, 0.1) is 13.5 Å². The van der Waals surface area contributed by atoms with Crippen molar-refractivity contribution >= 4 is 23.1 Å². The number of ether oxygens (including phenoxy) is 2. The Morgan fingerprint density at radius 3 is 2.40 bits per heavy atom. The molecule has 1 N–H and O–H groups in total. The summed E-state index contributed by atoms with van der Waals surface area (Å²) in [4.78, 5) is 20.0. The van der Waals surface area contributed by atoms with E-state index in [4.69, 9.17) is 25.4 Å². The molecule has 4 aromatic rings. The standard InChI is InChI=1S/C31H30N4O5/c1-21-28(17-18-30(36)37-3)31(40-34-21)24-9-13-26(14-10-24)33-19-22-5-15-27(16-6-22)39-20-29(35-38-4)23-7-11-25(32-2)12-8-23/h5-16,33H,17-20H2,1,3-4H3/b35-29-. The highest BCUT2D eigenvalue weighted by atomic mass is 16.6. The maximum absolute atomic E-state index is 11.6. The van der Waals surface area contributed by atoms with Crippen LogP contribution in [0.2, 0.25) is 0 Å². The summed E-state index contributed by atoms with van der Waals surface area (Å²) in [6, 6.07) is 22.9. The minimum atomic E-state index is -0.265. The number of nitrogens with zero attached hydrogens (tertiary/aromatic N) is 3. The summed E-state index contributed by atoms with van der Waals surface area (Å²) in [6.45, 7) is 9.82. The molecule has 9 heteroatoms. The zero-order chi connectivity index (χ0) is 28.3. The maximum atomic E-state index is 11.6. The molecule has 0 atom stereocenters. The fourth-order valence-electron chi connectivity index (χ4n) is 4.04. The highest BCUT2D eigenvalue weighted by Gasteiger charge is 2.16. The Balaban J connectivity index is 1.31. The van der Waals surface area contributed by atoms with Crippen LogP contribution < -0.4 is 10.1 Å². The van der Waals surface area contributed by atoms with Crippen LogP contribution in [0.3, 0.4) is 0 Å². The Labute approximate surface area is 233 Å². The second-order valence-electron chi connectivity index (χ2n) is 8.89. The van der Waals surface area contributed by atoms with Gasteiger partial charge in [-0.25, -0.2) is 4.85 Å². The van der Waals surface area contributed by atoms with Gasteiger partial charge in [0.1, 0.15) is 25.2 Å². The first-order chi connectivity index (χ1) is 19.5. The first-order valence-electron chi connectivity index (χ1n) is 12.7. The molecule has 3 aromatic carbocycles. The third kappa shape index (κ3) is 7.26. The Morgan fingerprint density at radius 1 is 1.02 bits per heavy atom. The van der Waals surface area contributed by atoms with Gasteiger partial charge in [0.25, 0.3) is 0 Å². The lowest BCUT2D eigenvalue weighted by atomic mass is 10.0. The molecule has 0 aliphatic heterocycles. The maximum Gasteiger partial charge on any atom is 0.305 e. The average molecular weight is 539 g/mol. The van der Waals surface area contributed by atoms with Crippen molar-refractivity contribution in [3.05, 3.63) is 107 Å². The Bertz CT molecular complexity index is 1480. The van der Waals surface area contributed by atoms with Crippen molar-refractivity contribution in [3.63, 3.8) is 0 Å². The average Bonchev–Trinajstić information content (AvgIpc) is 3.37. The van der Waals surface area contributed by atoms with Crippen molar-refractivity contribution in [2.24, 2.45) is 5.16 Å². The van der Waals surface area contributed by atoms with Gasteiger partial charge in [-0.1, -0.05) is 46.7 Å². The molecule has 4 rings (SSSR count). The SMILES string of the molecule is [C-]#[N+]c1ccc(/C(COc2ccc(CNc3ccc(-c4onc(C)c4CCC(=O)OC)cc3)cc2)=N\OC)cc1. The fraction of sp³-hybridized carbons (Fsp3) is 0.226. The number of aryl methyl sites for hydroxylation is 1. The third-order valence-electron chi connectivity index (χ3n) is 6.27. The van der Waals surface area contributed by atoms with Gasteiger partial charge < -0.3 is 24.2 Å². The van der Waals surface area contributed by atoms with E-state index in [1.807, 2.05) is 67.6 Å². The van der Waals surface area contributed by atoms with Crippen molar-refractivity contribution in [2.45, 2.75) is 26.3 Å². The van der Waals surface area contributed by atoms with Gasteiger partial charge in [-0.05, 0) is 55.3 Å². The lowest BCUT2D eigenvalue weighted by Gasteiger charge is -2.11. The van der Waals surface area contributed by atoms with E-state index >= 15 is 0 Å². The molecule has 204 valence electrons. The molecular weight excluding hydrogens is 508 g/mol. The summed E-state index contributed by atoms with van der Waals surface area (Å²) in [7, 11) is 2.87. The zero-order valence-corrected chi connectivity index (χ0v) is 22.6. The van der Waals surface area contributed by atoms with Crippen LogP contribution in [0.1, 0.15) is 28.8 Å². The summed E-state index contributed by atoms with van der Waals surface area (Å²) in [5, 5.41) is 11.6. The monoisotopic (exact) mass is 538 g/mol. The summed E-state index contributed by atoms with van der Waals surface area (Å²) < 4.78 is 16.2. The Morgan fingerprint density at radius 2 is 1.75 bits per heavy atom. The van der Waals surface area contributed by atoms with E-state index in [9.17, 15) is 4.79 Å². The van der Waals surface area contributed by atoms with Gasteiger partial charge in [0.15, 0.2) is 11.4 Å². The number of carbonyl (C=O) groups excluding carboxylic acids is 1. The van der Waals surface area contributed by atoms with Crippen molar-refractivity contribution in [2.75, 3.05) is 26.1 Å². The molecule has 9 nitrogen and oxygen atoms in total. The normalized spacial score (nSPS) is 11.0. The number of nitrogens with one attached hydrogen (secondary N) is 1. The molecule has 0 radical (unpaired) electrons. The van der Waals surface area contributed by atoms with E-state index < -0.39 is 0 Å². The number of hydrogen-bond acceptors (Lipinski definition) is 8. The number of carbonyl (C=O) groups is 1. The van der Waals surface area contributed by atoms with Gasteiger partial charge in [0, 0.05) is 35.3 Å².